The van der Waals surface area contributed by atoms with E-state index in [4.69, 9.17) is 11.6 Å². The topological polar surface area (TPSA) is 46.9 Å². The number of rotatable bonds is 2. The molecule has 1 heterocycles. The Labute approximate surface area is 104 Å². The number of aromatic nitrogens is 2. The average molecular weight is 250 g/mol. The quantitative estimate of drug-likeness (QED) is 0.887. The van der Waals surface area contributed by atoms with E-state index < -0.39 is 0 Å². The number of benzene rings is 1. The van der Waals surface area contributed by atoms with Crippen LogP contribution < -0.4 is 5.32 Å². The molecule has 2 aromatic rings. The first kappa shape index (κ1) is 11.7. The lowest BCUT2D eigenvalue weighted by atomic mass is 10.2. The van der Waals surface area contributed by atoms with E-state index in [0.717, 1.165) is 11.4 Å². The van der Waals surface area contributed by atoms with Crippen molar-refractivity contribution in [1.29, 1.82) is 0 Å². The van der Waals surface area contributed by atoms with Gasteiger partial charge in [0.1, 0.15) is 0 Å². The van der Waals surface area contributed by atoms with Gasteiger partial charge in [0.25, 0.3) is 5.91 Å². The van der Waals surface area contributed by atoms with E-state index in [2.05, 4.69) is 10.4 Å². The Morgan fingerprint density at radius 3 is 2.59 bits per heavy atom. The van der Waals surface area contributed by atoms with Crippen LogP contribution in [-0.2, 0) is 0 Å². The average Bonchev–Trinajstić information content (AvgIpc) is 2.71. The van der Waals surface area contributed by atoms with Gasteiger partial charge in [-0.1, -0.05) is 11.6 Å². The van der Waals surface area contributed by atoms with Crippen molar-refractivity contribution in [3.05, 3.63) is 46.7 Å². The summed E-state index contributed by atoms with van der Waals surface area (Å²) in [5.74, 6) is -0.136. The van der Waals surface area contributed by atoms with Crippen LogP contribution >= 0.6 is 11.6 Å². The lowest BCUT2D eigenvalue weighted by Crippen LogP contribution is -2.18. The lowest BCUT2D eigenvalue weighted by molar-refractivity contribution is 0.0962. The fourth-order valence-electron chi connectivity index (χ4n) is 1.61. The second kappa shape index (κ2) is 4.59. The van der Waals surface area contributed by atoms with Gasteiger partial charge in [-0.15, -0.1) is 0 Å². The fourth-order valence-corrected chi connectivity index (χ4v) is 1.74. The highest BCUT2D eigenvalue weighted by Gasteiger charge is 2.13. The summed E-state index contributed by atoms with van der Waals surface area (Å²) in [6.45, 7) is 1.85. The van der Waals surface area contributed by atoms with E-state index in [1.807, 2.05) is 19.1 Å². The number of nitrogens with zero attached hydrogens (tertiary/aromatic N) is 2. The molecule has 0 radical (unpaired) electrons. The smallest absolute Gasteiger partial charge is 0.254 e. The van der Waals surface area contributed by atoms with Crippen LogP contribution in [0.3, 0.4) is 0 Å². The van der Waals surface area contributed by atoms with Crippen LogP contribution in [0.4, 0.5) is 0 Å². The molecule has 0 spiro atoms. The predicted molar refractivity (Wildman–Crippen MR) is 66.7 cm³/mol. The molecular formula is C12H12ClN3O. The molecule has 0 unspecified atom stereocenters. The van der Waals surface area contributed by atoms with Crippen LogP contribution in [0.2, 0.25) is 5.02 Å². The molecule has 1 aromatic heterocycles. The van der Waals surface area contributed by atoms with Gasteiger partial charge in [0.15, 0.2) is 0 Å². The molecule has 0 fully saturated rings. The molecule has 0 aliphatic carbocycles. The van der Waals surface area contributed by atoms with Crippen molar-refractivity contribution in [2.24, 2.45) is 0 Å². The maximum Gasteiger partial charge on any atom is 0.254 e. The first-order valence-electron chi connectivity index (χ1n) is 5.16. The van der Waals surface area contributed by atoms with Gasteiger partial charge in [-0.25, -0.2) is 4.68 Å². The maximum atomic E-state index is 11.5. The molecule has 0 aliphatic heterocycles. The predicted octanol–water partition coefficient (Wildman–Crippen LogP) is 2.19. The molecule has 1 aromatic carbocycles. The van der Waals surface area contributed by atoms with E-state index in [9.17, 15) is 4.79 Å². The van der Waals surface area contributed by atoms with Crippen molar-refractivity contribution in [1.82, 2.24) is 15.1 Å². The van der Waals surface area contributed by atoms with E-state index in [1.165, 1.54) is 0 Å². The van der Waals surface area contributed by atoms with Crippen LogP contribution in [-0.4, -0.2) is 22.7 Å². The normalized spacial score (nSPS) is 10.3. The summed E-state index contributed by atoms with van der Waals surface area (Å²) in [4.78, 5) is 11.5. The summed E-state index contributed by atoms with van der Waals surface area (Å²) in [5.41, 5.74) is 2.25. The Balaban J connectivity index is 2.44. The lowest BCUT2D eigenvalue weighted by Gasteiger charge is -2.05. The fraction of sp³-hybridized carbons (Fsp3) is 0.167. The highest BCUT2D eigenvalue weighted by Crippen LogP contribution is 2.16. The minimum absolute atomic E-state index is 0.136. The molecule has 0 bridgehead atoms. The molecule has 0 atom stereocenters. The standard InChI is InChI=1S/C12H12ClN3O/c1-8-11(12(17)14-2)7-15-16(8)10-5-3-9(13)4-6-10/h3-7H,1-2H3,(H,14,17). The van der Waals surface area contributed by atoms with Crippen LogP contribution in [0.5, 0.6) is 0 Å². The monoisotopic (exact) mass is 249 g/mol. The third-order valence-electron chi connectivity index (χ3n) is 2.55. The van der Waals surface area contributed by atoms with Gasteiger partial charge in [-0.2, -0.15) is 5.10 Å². The summed E-state index contributed by atoms with van der Waals surface area (Å²) in [6, 6.07) is 7.29. The van der Waals surface area contributed by atoms with Crippen molar-refractivity contribution < 1.29 is 4.79 Å². The van der Waals surface area contributed by atoms with E-state index in [1.54, 1.807) is 30.1 Å². The molecule has 0 saturated carbocycles. The minimum atomic E-state index is -0.136. The molecule has 1 amide bonds. The summed E-state index contributed by atoms with van der Waals surface area (Å²) in [5, 5.41) is 7.45. The first-order valence-corrected chi connectivity index (χ1v) is 5.54. The number of amides is 1. The van der Waals surface area contributed by atoms with E-state index in [-0.39, 0.29) is 5.91 Å². The summed E-state index contributed by atoms with van der Waals surface area (Å²) >= 11 is 5.82. The van der Waals surface area contributed by atoms with E-state index in [0.29, 0.717) is 10.6 Å². The SMILES string of the molecule is CNC(=O)c1cnn(-c2ccc(Cl)cc2)c1C. The Morgan fingerprint density at radius 1 is 1.35 bits per heavy atom. The zero-order valence-corrected chi connectivity index (χ0v) is 10.3. The van der Waals surface area contributed by atoms with Crippen molar-refractivity contribution in [3.63, 3.8) is 0 Å². The van der Waals surface area contributed by atoms with Gasteiger partial charge in [0.2, 0.25) is 0 Å². The largest absolute Gasteiger partial charge is 0.355 e. The van der Waals surface area contributed by atoms with Crippen molar-refractivity contribution >= 4 is 17.5 Å². The highest BCUT2D eigenvalue weighted by molar-refractivity contribution is 6.30. The van der Waals surface area contributed by atoms with Gasteiger partial charge in [-0.05, 0) is 31.2 Å². The molecule has 2 rings (SSSR count). The van der Waals surface area contributed by atoms with Gasteiger partial charge < -0.3 is 5.32 Å². The van der Waals surface area contributed by atoms with E-state index >= 15 is 0 Å². The van der Waals surface area contributed by atoms with Crippen molar-refractivity contribution in [3.8, 4) is 5.69 Å². The molecule has 0 saturated heterocycles. The maximum absolute atomic E-state index is 11.5. The van der Waals surface area contributed by atoms with Gasteiger partial charge in [-0.3, -0.25) is 4.79 Å². The van der Waals surface area contributed by atoms with Crippen molar-refractivity contribution in [2.45, 2.75) is 6.92 Å². The Kier molecular flexibility index (Phi) is 3.15. The molecule has 17 heavy (non-hydrogen) atoms. The zero-order chi connectivity index (χ0) is 12.4. The minimum Gasteiger partial charge on any atom is -0.355 e. The summed E-state index contributed by atoms with van der Waals surface area (Å²) in [7, 11) is 1.60. The van der Waals surface area contributed by atoms with Gasteiger partial charge in [0, 0.05) is 12.1 Å². The summed E-state index contributed by atoms with van der Waals surface area (Å²) in [6.07, 6.45) is 1.56. The Bertz CT molecular complexity index is 545. The van der Waals surface area contributed by atoms with Crippen LogP contribution in [0.15, 0.2) is 30.5 Å². The first-order chi connectivity index (χ1) is 8.13. The molecule has 0 aliphatic rings. The number of carbonyl (C=O) groups is 1. The van der Waals surface area contributed by atoms with Gasteiger partial charge in [0.05, 0.1) is 23.1 Å². The number of hydrogen-bond acceptors (Lipinski definition) is 2. The number of nitrogens with one attached hydrogen (secondary N) is 1. The second-order valence-electron chi connectivity index (χ2n) is 3.61. The zero-order valence-electron chi connectivity index (χ0n) is 9.57. The van der Waals surface area contributed by atoms with Crippen LogP contribution in [0, 0.1) is 6.92 Å². The molecular weight excluding hydrogens is 238 g/mol. The molecule has 88 valence electrons. The highest BCUT2D eigenvalue weighted by atomic mass is 35.5. The molecule has 4 nitrogen and oxygen atoms in total. The van der Waals surface area contributed by atoms with Crippen LogP contribution in [0.25, 0.3) is 5.69 Å². The molecule has 1 N–H and O–H groups in total. The third kappa shape index (κ3) is 2.17. The second-order valence-corrected chi connectivity index (χ2v) is 4.05. The number of halogens is 1. The number of carbonyl (C=O) groups excluding carboxylic acids is 1. The Hall–Kier alpha value is -1.81. The van der Waals surface area contributed by atoms with Crippen molar-refractivity contribution in [2.75, 3.05) is 7.05 Å². The molecule has 5 heteroatoms. The van der Waals surface area contributed by atoms with Crippen LogP contribution in [0.1, 0.15) is 16.1 Å². The summed E-state index contributed by atoms with van der Waals surface area (Å²) < 4.78 is 1.71. The van der Waals surface area contributed by atoms with Gasteiger partial charge >= 0.3 is 0 Å². The Morgan fingerprint density at radius 2 is 2.00 bits per heavy atom. The number of hydrogen-bond donors (Lipinski definition) is 1. The third-order valence-corrected chi connectivity index (χ3v) is 2.80.